The van der Waals surface area contributed by atoms with E-state index in [0.29, 0.717) is 5.92 Å². The van der Waals surface area contributed by atoms with Gasteiger partial charge in [0.25, 0.3) is 0 Å². The minimum absolute atomic E-state index is 0. The predicted molar refractivity (Wildman–Crippen MR) is 131 cm³/mol. The van der Waals surface area contributed by atoms with Gasteiger partial charge in [-0.3, -0.25) is 4.99 Å². The fraction of sp³-hybridized carbons (Fsp3) is 0.682. The third-order valence-corrected chi connectivity index (χ3v) is 4.91. The van der Waals surface area contributed by atoms with Crippen LogP contribution in [0, 0.1) is 11.7 Å². The third kappa shape index (κ3) is 12.0. The molecule has 1 aliphatic rings. The summed E-state index contributed by atoms with van der Waals surface area (Å²) in [6, 6.07) is 6.67. The molecule has 0 amide bonds. The van der Waals surface area contributed by atoms with E-state index in [2.05, 4.69) is 34.5 Å². The molecule has 1 aliphatic heterocycles. The largest absolute Gasteiger partial charge is 0.381 e. The van der Waals surface area contributed by atoms with Crippen LogP contribution in [-0.4, -0.2) is 70.5 Å². The van der Waals surface area contributed by atoms with Gasteiger partial charge < -0.3 is 25.0 Å². The van der Waals surface area contributed by atoms with Crippen LogP contribution in [0.3, 0.4) is 0 Å². The van der Waals surface area contributed by atoms with Gasteiger partial charge in [-0.1, -0.05) is 12.1 Å². The molecule has 0 aliphatic carbocycles. The molecule has 0 aromatic heterocycles. The van der Waals surface area contributed by atoms with Crippen LogP contribution in [-0.2, 0) is 16.0 Å². The van der Waals surface area contributed by atoms with Crippen LogP contribution in [0.1, 0.15) is 31.7 Å². The molecular formula is C22H38FIN4O2. The van der Waals surface area contributed by atoms with E-state index in [9.17, 15) is 4.39 Å². The lowest BCUT2D eigenvalue weighted by molar-refractivity contribution is 0.0205. The number of hydrogen-bond acceptors (Lipinski definition) is 4. The third-order valence-electron chi connectivity index (χ3n) is 4.91. The number of aliphatic imine (C=N–C) groups is 1. The van der Waals surface area contributed by atoms with E-state index >= 15 is 0 Å². The highest BCUT2D eigenvalue weighted by atomic mass is 127. The number of guanidine groups is 1. The quantitative estimate of drug-likeness (QED) is 0.186. The standard InChI is InChI=1S/C22H37FN4O2.HI/c1-3-24-22(25-11-4-14-29-18-20-9-15-28-16-10-20)26-12-13-27(2)17-19-5-7-21(23)8-6-19;/h5-8,20H,3-4,9-18H2,1-2H3,(H2,24,25,26);1H. The second kappa shape index (κ2) is 16.7. The van der Waals surface area contributed by atoms with Gasteiger partial charge in [-0.05, 0) is 56.8 Å². The number of likely N-dealkylation sites (N-methyl/N-ethyl adjacent to an activating group) is 1. The van der Waals surface area contributed by atoms with Crippen LogP contribution in [0.2, 0.25) is 0 Å². The zero-order chi connectivity index (χ0) is 20.7. The normalized spacial score (nSPS) is 15.1. The van der Waals surface area contributed by atoms with Crippen molar-refractivity contribution in [3.05, 3.63) is 35.6 Å². The maximum atomic E-state index is 13.0. The Morgan fingerprint density at radius 2 is 1.97 bits per heavy atom. The zero-order valence-electron chi connectivity index (χ0n) is 18.4. The lowest BCUT2D eigenvalue weighted by Crippen LogP contribution is -2.41. The number of halogens is 2. The van der Waals surface area contributed by atoms with Gasteiger partial charge >= 0.3 is 0 Å². The molecule has 0 spiro atoms. The molecule has 1 heterocycles. The number of nitrogens with one attached hydrogen (secondary N) is 2. The molecular weight excluding hydrogens is 498 g/mol. The molecule has 0 atom stereocenters. The zero-order valence-corrected chi connectivity index (χ0v) is 20.7. The second-order valence-electron chi connectivity index (χ2n) is 7.54. The Hall–Kier alpha value is -0.970. The Balaban J connectivity index is 0.00000450. The molecule has 0 radical (unpaired) electrons. The summed E-state index contributed by atoms with van der Waals surface area (Å²) in [7, 11) is 2.06. The summed E-state index contributed by atoms with van der Waals surface area (Å²) in [6.45, 7) is 9.43. The summed E-state index contributed by atoms with van der Waals surface area (Å²) >= 11 is 0. The van der Waals surface area contributed by atoms with Crippen molar-refractivity contribution >= 4 is 29.9 Å². The van der Waals surface area contributed by atoms with Crippen LogP contribution in [0.5, 0.6) is 0 Å². The number of ether oxygens (including phenoxy) is 2. The average molecular weight is 536 g/mol. The summed E-state index contributed by atoms with van der Waals surface area (Å²) in [6.07, 6.45) is 3.15. The predicted octanol–water partition coefficient (Wildman–Crippen LogP) is 3.26. The minimum atomic E-state index is -0.196. The SMILES string of the molecule is CCNC(=NCCCOCC1CCOCC1)NCCN(C)Cc1ccc(F)cc1.I. The molecule has 30 heavy (non-hydrogen) atoms. The Morgan fingerprint density at radius 1 is 1.23 bits per heavy atom. The van der Waals surface area contributed by atoms with Crippen LogP contribution in [0.4, 0.5) is 4.39 Å². The van der Waals surface area contributed by atoms with Gasteiger partial charge in [0.2, 0.25) is 0 Å². The molecule has 2 rings (SSSR count). The summed E-state index contributed by atoms with van der Waals surface area (Å²) in [4.78, 5) is 6.82. The van der Waals surface area contributed by atoms with E-state index in [1.165, 1.54) is 12.1 Å². The average Bonchev–Trinajstić information content (AvgIpc) is 2.73. The highest BCUT2D eigenvalue weighted by Crippen LogP contribution is 2.14. The number of hydrogen-bond donors (Lipinski definition) is 2. The first-order chi connectivity index (χ1) is 14.2. The Kier molecular flexibility index (Phi) is 15.1. The fourth-order valence-electron chi connectivity index (χ4n) is 3.21. The fourth-order valence-corrected chi connectivity index (χ4v) is 3.21. The maximum absolute atomic E-state index is 13.0. The lowest BCUT2D eigenvalue weighted by atomic mass is 10.0. The topological polar surface area (TPSA) is 58.1 Å². The Morgan fingerprint density at radius 3 is 2.67 bits per heavy atom. The summed E-state index contributed by atoms with van der Waals surface area (Å²) in [5.41, 5.74) is 1.11. The van der Waals surface area contributed by atoms with Gasteiger partial charge in [0.1, 0.15) is 5.82 Å². The van der Waals surface area contributed by atoms with Crippen LogP contribution in [0.15, 0.2) is 29.3 Å². The van der Waals surface area contributed by atoms with Crippen molar-refractivity contribution in [1.82, 2.24) is 15.5 Å². The Bertz CT molecular complexity index is 583. The van der Waals surface area contributed by atoms with E-state index in [1.54, 1.807) is 0 Å². The van der Waals surface area contributed by atoms with Gasteiger partial charge in [0, 0.05) is 59.2 Å². The molecule has 6 nitrogen and oxygen atoms in total. The van der Waals surface area contributed by atoms with Gasteiger partial charge in [-0.2, -0.15) is 0 Å². The van der Waals surface area contributed by atoms with E-state index in [1.807, 2.05) is 12.1 Å². The van der Waals surface area contributed by atoms with Crippen molar-refractivity contribution in [2.24, 2.45) is 10.9 Å². The summed E-state index contributed by atoms with van der Waals surface area (Å²) in [5, 5.41) is 6.65. The smallest absolute Gasteiger partial charge is 0.191 e. The van der Waals surface area contributed by atoms with E-state index in [-0.39, 0.29) is 29.8 Å². The molecule has 2 N–H and O–H groups in total. The molecule has 172 valence electrons. The molecule has 0 bridgehead atoms. The van der Waals surface area contributed by atoms with Crippen LogP contribution >= 0.6 is 24.0 Å². The van der Waals surface area contributed by atoms with Crippen molar-refractivity contribution in [3.63, 3.8) is 0 Å². The monoisotopic (exact) mass is 536 g/mol. The molecule has 1 aromatic carbocycles. The molecule has 0 unspecified atom stereocenters. The Labute approximate surface area is 198 Å². The summed E-state index contributed by atoms with van der Waals surface area (Å²) in [5.74, 6) is 1.30. The van der Waals surface area contributed by atoms with Gasteiger partial charge in [-0.15, -0.1) is 24.0 Å². The van der Waals surface area contributed by atoms with Crippen LogP contribution < -0.4 is 10.6 Å². The van der Waals surface area contributed by atoms with Gasteiger partial charge in [0.05, 0.1) is 0 Å². The number of nitrogens with zero attached hydrogens (tertiary/aromatic N) is 2. The first kappa shape index (κ1) is 27.1. The molecule has 1 saturated heterocycles. The highest BCUT2D eigenvalue weighted by Gasteiger charge is 2.13. The lowest BCUT2D eigenvalue weighted by Gasteiger charge is -2.21. The molecule has 0 saturated carbocycles. The first-order valence-electron chi connectivity index (χ1n) is 10.8. The van der Waals surface area contributed by atoms with Gasteiger partial charge in [0.15, 0.2) is 5.96 Å². The van der Waals surface area contributed by atoms with Gasteiger partial charge in [-0.25, -0.2) is 4.39 Å². The highest BCUT2D eigenvalue weighted by molar-refractivity contribution is 14.0. The van der Waals surface area contributed by atoms with Crippen molar-refractivity contribution in [1.29, 1.82) is 0 Å². The van der Waals surface area contributed by atoms with Crippen molar-refractivity contribution < 1.29 is 13.9 Å². The second-order valence-corrected chi connectivity index (χ2v) is 7.54. The van der Waals surface area contributed by atoms with E-state index in [4.69, 9.17) is 9.47 Å². The van der Waals surface area contributed by atoms with E-state index in [0.717, 1.165) is 89.9 Å². The first-order valence-corrected chi connectivity index (χ1v) is 10.8. The molecule has 1 aromatic rings. The van der Waals surface area contributed by atoms with Crippen molar-refractivity contribution in [2.75, 3.05) is 59.7 Å². The number of rotatable bonds is 12. The van der Waals surface area contributed by atoms with Crippen LogP contribution in [0.25, 0.3) is 0 Å². The maximum Gasteiger partial charge on any atom is 0.191 e. The van der Waals surface area contributed by atoms with Crippen molar-refractivity contribution in [3.8, 4) is 0 Å². The summed E-state index contributed by atoms with van der Waals surface area (Å²) < 4.78 is 24.2. The van der Waals surface area contributed by atoms with E-state index < -0.39 is 0 Å². The molecule has 8 heteroatoms. The molecule has 1 fully saturated rings. The van der Waals surface area contributed by atoms with Crippen molar-refractivity contribution in [2.45, 2.75) is 32.7 Å². The number of benzene rings is 1. The minimum Gasteiger partial charge on any atom is -0.381 e.